The van der Waals surface area contributed by atoms with E-state index in [1.165, 1.54) is 7.11 Å². The Morgan fingerprint density at radius 1 is 1.47 bits per heavy atom. The van der Waals surface area contributed by atoms with Crippen molar-refractivity contribution >= 4 is 11.9 Å². The predicted octanol–water partition coefficient (Wildman–Crippen LogP) is -0.557. The van der Waals surface area contributed by atoms with Gasteiger partial charge in [-0.2, -0.15) is 0 Å². The van der Waals surface area contributed by atoms with Gasteiger partial charge in [-0.05, 0) is 26.9 Å². The molecule has 0 spiro atoms. The molecule has 0 aliphatic carbocycles. The van der Waals surface area contributed by atoms with Crippen LogP contribution in [0.3, 0.4) is 0 Å². The van der Waals surface area contributed by atoms with E-state index in [1.807, 2.05) is 7.05 Å². The number of likely N-dealkylation sites (N-methyl/N-ethyl adjacent to an activating group) is 2. The first-order valence-corrected chi connectivity index (χ1v) is 6.81. The number of ether oxygens (including phenoxy) is 1. The van der Waals surface area contributed by atoms with Gasteiger partial charge in [-0.3, -0.25) is 19.4 Å². The molecule has 0 aromatic heterocycles. The number of nitrogens with zero attached hydrogens (tertiary/aromatic N) is 2. The van der Waals surface area contributed by atoms with E-state index in [9.17, 15) is 9.59 Å². The largest absolute Gasteiger partial charge is 0.469 e. The fourth-order valence-electron chi connectivity index (χ4n) is 3.16. The lowest BCUT2D eigenvalue weighted by molar-refractivity contribution is -0.141. The first-order chi connectivity index (χ1) is 9.04. The van der Waals surface area contributed by atoms with E-state index < -0.39 is 0 Å². The zero-order valence-corrected chi connectivity index (χ0v) is 11.9. The number of carbonyl (C=O) groups excluding carboxylic acids is 2. The van der Waals surface area contributed by atoms with Crippen LogP contribution in [0, 0.1) is 0 Å². The second-order valence-corrected chi connectivity index (χ2v) is 5.46. The minimum atomic E-state index is -0.191. The van der Waals surface area contributed by atoms with Crippen LogP contribution in [0.25, 0.3) is 0 Å². The average molecular weight is 269 g/mol. The summed E-state index contributed by atoms with van der Waals surface area (Å²) < 4.78 is 4.68. The number of hydrogen-bond acceptors (Lipinski definition) is 5. The molecule has 0 radical (unpaired) electrons. The molecular formula is C13H23N3O3. The third kappa shape index (κ3) is 2.90. The highest BCUT2D eigenvalue weighted by Crippen LogP contribution is 2.25. The molecule has 0 bridgehead atoms. The van der Waals surface area contributed by atoms with Gasteiger partial charge in [0, 0.05) is 31.6 Å². The average Bonchev–Trinajstić information content (AvgIpc) is 2.73. The van der Waals surface area contributed by atoms with Gasteiger partial charge < -0.3 is 10.1 Å². The van der Waals surface area contributed by atoms with Crippen molar-refractivity contribution in [2.24, 2.45) is 0 Å². The summed E-state index contributed by atoms with van der Waals surface area (Å²) in [6.45, 7) is 1.55. The Bertz CT molecular complexity index is 361. The zero-order chi connectivity index (χ0) is 14.0. The molecule has 3 atom stereocenters. The Morgan fingerprint density at radius 3 is 2.89 bits per heavy atom. The molecule has 6 heteroatoms. The molecular weight excluding hydrogens is 246 g/mol. The second kappa shape index (κ2) is 5.88. The number of methoxy groups -OCH3 is 1. The van der Waals surface area contributed by atoms with E-state index in [4.69, 9.17) is 0 Å². The Morgan fingerprint density at radius 2 is 2.21 bits per heavy atom. The molecule has 0 saturated carbocycles. The van der Waals surface area contributed by atoms with Crippen molar-refractivity contribution < 1.29 is 14.3 Å². The van der Waals surface area contributed by atoms with Gasteiger partial charge in [0.15, 0.2) is 0 Å². The van der Waals surface area contributed by atoms with Gasteiger partial charge in [0.2, 0.25) is 5.91 Å². The molecule has 2 heterocycles. The van der Waals surface area contributed by atoms with Crippen molar-refractivity contribution in [2.45, 2.75) is 37.4 Å². The molecule has 2 aliphatic rings. The molecule has 2 aliphatic heterocycles. The fourth-order valence-corrected chi connectivity index (χ4v) is 3.16. The van der Waals surface area contributed by atoms with Crippen LogP contribution < -0.4 is 5.32 Å². The molecule has 1 N–H and O–H groups in total. The lowest BCUT2D eigenvalue weighted by Crippen LogP contribution is -2.48. The Balaban J connectivity index is 2.03. The number of fused-ring (bicyclic) bond motifs is 1. The van der Waals surface area contributed by atoms with Crippen LogP contribution in [-0.4, -0.2) is 74.1 Å². The molecule has 0 unspecified atom stereocenters. The highest BCUT2D eigenvalue weighted by molar-refractivity contribution is 5.83. The fraction of sp³-hybridized carbons (Fsp3) is 0.846. The number of rotatable bonds is 3. The maximum Gasteiger partial charge on any atom is 0.305 e. The number of carbonyl (C=O) groups is 2. The van der Waals surface area contributed by atoms with Crippen molar-refractivity contribution in [3.05, 3.63) is 0 Å². The van der Waals surface area contributed by atoms with Gasteiger partial charge in [0.05, 0.1) is 7.11 Å². The molecule has 6 nitrogen and oxygen atoms in total. The summed E-state index contributed by atoms with van der Waals surface area (Å²) in [4.78, 5) is 27.7. The minimum Gasteiger partial charge on any atom is -0.469 e. The molecule has 108 valence electrons. The molecule has 19 heavy (non-hydrogen) atoms. The number of amides is 1. The summed E-state index contributed by atoms with van der Waals surface area (Å²) in [5.41, 5.74) is 0. The normalized spacial score (nSPS) is 32.6. The van der Waals surface area contributed by atoms with Gasteiger partial charge in [0.25, 0.3) is 0 Å². The van der Waals surface area contributed by atoms with E-state index in [1.54, 1.807) is 0 Å². The number of nitrogens with one attached hydrogen (secondary N) is 1. The summed E-state index contributed by atoms with van der Waals surface area (Å²) in [5, 5.41) is 2.99. The second-order valence-electron chi connectivity index (χ2n) is 5.46. The van der Waals surface area contributed by atoms with E-state index in [0.717, 1.165) is 19.4 Å². The van der Waals surface area contributed by atoms with Gasteiger partial charge in [-0.25, -0.2) is 0 Å². The van der Waals surface area contributed by atoms with Crippen molar-refractivity contribution in [1.82, 2.24) is 15.1 Å². The van der Waals surface area contributed by atoms with Crippen molar-refractivity contribution in [2.75, 3.05) is 34.3 Å². The summed E-state index contributed by atoms with van der Waals surface area (Å²) in [6, 6.07) is 0.382. The smallest absolute Gasteiger partial charge is 0.305 e. The maximum atomic E-state index is 12.1. The zero-order valence-electron chi connectivity index (χ0n) is 11.9. The number of likely N-dealkylation sites (tertiary alicyclic amines) is 1. The van der Waals surface area contributed by atoms with Gasteiger partial charge in [0.1, 0.15) is 6.04 Å². The van der Waals surface area contributed by atoms with Gasteiger partial charge >= 0.3 is 5.97 Å². The van der Waals surface area contributed by atoms with Crippen LogP contribution in [0.1, 0.15) is 19.3 Å². The summed E-state index contributed by atoms with van der Waals surface area (Å²) >= 11 is 0. The van der Waals surface area contributed by atoms with Crippen LogP contribution in [0.5, 0.6) is 0 Å². The SMILES string of the molecule is COC(=O)CC[C@H]1CNC(=O)[C@@H]2[C@@H](CCN2C)N1C. The molecule has 2 saturated heterocycles. The quantitative estimate of drug-likeness (QED) is 0.696. The van der Waals surface area contributed by atoms with Crippen molar-refractivity contribution in [3.8, 4) is 0 Å². The van der Waals surface area contributed by atoms with Crippen molar-refractivity contribution in [1.29, 1.82) is 0 Å². The molecule has 0 aromatic rings. The third-order valence-corrected chi connectivity index (χ3v) is 4.41. The first-order valence-electron chi connectivity index (χ1n) is 6.81. The Labute approximate surface area is 114 Å². The van der Waals surface area contributed by atoms with E-state index in [0.29, 0.717) is 13.0 Å². The first kappa shape index (κ1) is 14.3. The van der Waals surface area contributed by atoms with E-state index in [-0.39, 0.29) is 30.0 Å². The summed E-state index contributed by atoms with van der Waals surface area (Å²) in [5.74, 6) is -0.0820. The van der Waals surface area contributed by atoms with E-state index in [2.05, 4.69) is 26.9 Å². The van der Waals surface area contributed by atoms with Crippen LogP contribution in [0.4, 0.5) is 0 Å². The van der Waals surface area contributed by atoms with Crippen LogP contribution in [-0.2, 0) is 14.3 Å². The lowest BCUT2D eigenvalue weighted by atomic mass is 10.0. The molecule has 1 amide bonds. The van der Waals surface area contributed by atoms with Crippen LogP contribution in [0.15, 0.2) is 0 Å². The highest BCUT2D eigenvalue weighted by Gasteiger charge is 2.43. The van der Waals surface area contributed by atoms with Gasteiger partial charge in [-0.15, -0.1) is 0 Å². The maximum absolute atomic E-state index is 12.1. The third-order valence-electron chi connectivity index (χ3n) is 4.41. The molecule has 0 aromatic carbocycles. The summed E-state index contributed by atoms with van der Waals surface area (Å²) in [7, 11) is 5.45. The predicted molar refractivity (Wildman–Crippen MR) is 70.6 cm³/mol. The minimum absolute atomic E-state index is 0.0619. The van der Waals surface area contributed by atoms with Gasteiger partial charge in [-0.1, -0.05) is 0 Å². The highest BCUT2D eigenvalue weighted by atomic mass is 16.5. The Hall–Kier alpha value is -1.14. The standard InChI is InChI=1S/C13H23N3O3/c1-15-7-6-10-12(15)13(18)14-8-9(16(10)2)4-5-11(17)19-3/h9-10,12H,4-8H2,1-3H3,(H,14,18)/t9-,10+,12-/m0/s1. The molecule has 2 fully saturated rings. The topological polar surface area (TPSA) is 61.9 Å². The van der Waals surface area contributed by atoms with Crippen molar-refractivity contribution in [3.63, 3.8) is 0 Å². The lowest BCUT2D eigenvalue weighted by Gasteiger charge is -2.32. The monoisotopic (exact) mass is 269 g/mol. The Kier molecular flexibility index (Phi) is 4.42. The van der Waals surface area contributed by atoms with Crippen LogP contribution >= 0.6 is 0 Å². The molecule has 2 rings (SSSR count). The number of hydrogen-bond donors (Lipinski definition) is 1. The van der Waals surface area contributed by atoms with Crippen LogP contribution in [0.2, 0.25) is 0 Å². The number of esters is 1. The summed E-state index contributed by atoms with van der Waals surface area (Å²) in [6.07, 6.45) is 2.12. The van der Waals surface area contributed by atoms with E-state index >= 15 is 0 Å².